The van der Waals surface area contributed by atoms with Crippen molar-refractivity contribution in [3.8, 4) is 0 Å². The first-order valence-corrected chi connectivity index (χ1v) is 6.28. The van der Waals surface area contributed by atoms with Gasteiger partial charge in [-0.15, -0.1) is 0 Å². The molecule has 88 valence electrons. The van der Waals surface area contributed by atoms with Gasteiger partial charge in [0.2, 0.25) is 0 Å². The first-order chi connectivity index (χ1) is 7.90. The Morgan fingerprint density at radius 1 is 1.44 bits per heavy atom. The highest BCUT2D eigenvalue weighted by Gasteiger charge is 2.18. The maximum Gasteiger partial charge on any atom is 0.0552 e. The lowest BCUT2D eigenvalue weighted by Gasteiger charge is -2.33. The van der Waals surface area contributed by atoms with Crippen molar-refractivity contribution in [1.29, 1.82) is 0 Å². The summed E-state index contributed by atoms with van der Waals surface area (Å²) in [6, 6.07) is 4.87. The average Bonchev–Trinajstić information content (AvgIpc) is 2.38. The number of hydrogen-bond donors (Lipinski definition) is 1. The molecule has 1 aliphatic rings. The van der Waals surface area contributed by atoms with E-state index in [1.54, 1.807) is 0 Å². The van der Waals surface area contributed by atoms with Crippen molar-refractivity contribution in [2.24, 2.45) is 0 Å². The van der Waals surface area contributed by atoms with Crippen molar-refractivity contribution in [1.82, 2.24) is 10.3 Å². The van der Waals surface area contributed by atoms with E-state index in [2.05, 4.69) is 28.2 Å². The van der Waals surface area contributed by atoms with Gasteiger partial charge in [-0.25, -0.2) is 0 Å². The van der Waals surface area contributed by atoms with E-state index in [-0.39, 0.29) is 0 Å². The lowest BCUT2D eigenvalue weighted by Crippen LogP contribution is -2.42. The van der Waals surface area contributed by atoms with Gasteiger partial charge >= 0.3 is 0 Å². The molecule has 0 saturated carbocycles. The highest BCUT2D eigenvalue weighted by Crippen LogP contribution is 2.18. The number of nitrogens with one attached hydrogen (secondary N) is 1. The summed E-state index contributed by atoms with van der Waals surface area (Å²) in [5.74, 6) is 0. The Labute approximate surface area is 97.9 Å². The molecule has 0 spiro atoms. The van der Waals surface area contributed by atoms with Crippen molar-refractivity contribution in [3.05, 3.63) is 24.5 Å². The van der Waals surface area contributed by atoms with E-state index < -0.39 is 0 Å². The van der Waals surface area contributed by atoms with Gasteiger partial charge < -0.3 is 10.2 Å². The lowest BCUT2D eigenvalue weighted by molar-refractivity contribution is 0.416. The van der Waals surface area contributed by atoms with Gasteiger partial charge in [0.1, 0.15) is 0 Å². The molecule has 1 N–H and O–H groups in total. The summed E-state index contributed by atoms with van der Waals surface area (Å²) in [5, 5.41) is 3.60. The fraction of sp³-hybridized carbons (Fsp3) is 0.615. The molecular formula is C13H21N3. The molecule has 2 heterocycles. The largest absolute Gasteiger partial charge is 0.370 e. The van der Waals surface area contributed by atoms with Crippen molar-refractivity contribution in [2.75, 3.05) is 24.5 Å². The average molecular weight is 219 g/mol. The van der Waals surface area contributed by atoms with Crippen LogP contribution in [0.3, 0.4) is 0 Å². The SMILES string of the molecule is CCCNC1CCN(c2cccnc2)CC1. The molecule has 1 aromatic rings. The Morgan fingerprint density at radius 2 is 2.25 bits per heavy atom. The second-order valence-corrected chi connectivity index (χ2v) is 4.43. The van der Waals surface area contributed by atoms with Crippen molar-refractivity contribution < 1.29 is 0 Å². The smallest absolute Gasteiger partial charge is 0.0552 e. The van der Waals surface area contributed by atoms with E-state index in [0.717, 1.165) is 19.6 Å². The number of rotatable bonds is 4. The quantitative estimate of drug-likeness (QED) is 0.840. The van der Waals surface area contributed by atoms with Crippen LogP contribution < -0.4 is 10.2 Å². The Balaban J connectivity index is 1.81. The van der Waals surface area contributed by atoms with Gasteiger partial charge in [0.25, 0.3) is 0 Å². The number of hydrogen-bond acceptors (Lipinski definition) is 3. The van der Waals surface area contributed by atoms with Gasteiger partial charge in [-0.3, -0.25) is 4.98 Å². The van der Waals surface area contributed by atoms with E-state index in [9.17, 15) is 0 Å². The zero-order chi connectivity index (χ0) is 11.2. The summed E-state index contributed by atoms with van der Waals surface area (Å²) in [4.78, 5) is 6.60. The van der Waals surface area contributed by atoms with Crippen molar-refractivity contribution in [3.63, 3.8) is 0 Å². The summed E-state index contributed by atoms with van der Waals surface area (Å²) < 4.78 is 0. The molecule has 16 heavy (non-hydrogen) atoms. The molecule has 0 bridgehead atoms. The predicted molar refractivity (Wildman–Crippen MR) is 67.8 cm³/mol. The van der Waals surface area contributed by atoms with Crippen LogP contribution in [0.1, 0.15) is 26.2 Å². The van der Waals surface area contributed by atoms with Crippen molar-refractivity contribution in [2.45, 2.75) is 32.2 Å². The Hall–Kier alpha value is -1.09. The molecule has 0 radical (unpaired) electrons. The highest BCUT2D eigenvalue weighted by atomic mass is 15.1. The molecular weight excluding hydrogens is 198 g/mol. The second kappa shape index (κ2) is 5.85. The predicted octanol–water partition coefficient (Wildman–Crippen LogP) is 2.05. The third-order valence-corrected chi connectivity index (χ3v) is 3.19. The molecule has 2 rings (SSSR count). The maximum absolute atomic E-state index is 4.17. The molecule has 1 fully saturated rings. The first-order valence-electron chi connectivity index (χ1n) is 6.28. The summed E-state index contributed by atoms with van der Waals surface area (Å²) in [6.07, 6.45) is 7.51. The molecule has 0 aliphatic carbocycles. The van der Waals surface area contributed by atoms with E-state index in [0.29, 0.717) is 6.04 Å². The summed E-state index contributed by atoms with van der Waals surface area (Å²) in [6.45, 7) is 5.66. The molecule has 1 aliphatic heterocycles. The second-order valence-electron chi connectivity index (χ2n) is 4.43. The zero-order valence-corrected chi connectivity index (χ0v) is 10.0. The molecule has 0 atom stereocenters. The van der Waals surface area contributed by atoms with Gasteiger partial charge in [-0.1, -0.05) is 6.92 Å². The molecule has 1 aromatic heterocycles. The van der Waals surface area contributed by atoms with Gasteiger partial charge in [0.15, 0.2) is 0 Å². The highest BCUT2D eigenvalue weighted by molar-refractivity contribution is 5.43. The van der Waals surface area contributed by atoms with Crippen LogP contribution in [0, 0.1) is 0 Å². The van der Waals surface area contributed by atoms with E-state index in [1.807, 2.05) is 18.5 Å². The molecule has 0 unspecified atom stereocenters. The zero-order valence-electron chi connectivity index (χ0n) is 10.0. The van der Waals surface area contributed by atoms with Crippen LogP contribution >= 0.6 is 0 Å². The van der Waals surface area contributed by atoms with Gasteiger partial charge in [-0.2, -0.15) is 0 Å². The third kappa shape index (κ3) is 2.95. The van der Waals surface area contributed by atoms with Crippen LogP contribution in [0.25, 0.3) is 0 Å². The van der Waals surface area contributed by atoms with Gasteiger partial charge in [0.05, 0.1) is 11.9 Å². The number of aromatic nitrogens is 1. The Kier molecular flexibility index (Phi) is 4.17. The van der Waals surface area contributed by atoms with Gasteiger partial charge in [-0.05, 0) is 37.9 Å². The number of piperidine rings is 1. The van der Waals surface area contributed by atoms with Crippen LogP contribution in [0.4, 0.5) is 5.69 Å². The van der Waals surface area contributed by atoms with Crippen LogP contribution in [-0.2, 0) is 0 Å². The molecule has 0 aromatic carbocycles. The number of anilines is 1. The Bertz CT molecular complexity index is 291. The first kappa shape index (κ1) is 11.4. The minimum Gasteiger partial charge on any atom is -0.370 e. The number of nitrogens with zero attached hydrogens (tertiary/aromatic N) is 2. The van der Waals surface area contributed by atoms with E-state index >= 15 is 0 Å². The normalized spacial score (nSPS) is 17.7. The third-order valence-electron chi connectivity index (χ3n) is 3.19. The summed E-state index contributed by atoms with van der Waals surface area (Å²) in [5.41, 5.74) is 1.26. The minimum atomic E-state index is 0.716. The fourth-order valence-corrected chi connectivity index (χ4v) is 2.23. The number of pyridine rings is 1. The standard InChI is InChI=1S/C13H21N3/c1-2-7-15-12-5-9-16(10-6-12)13-4-3-8-14-11-13/h3-4,8,11-12,15H,2,5-7,9-10H2,1H3. The lowest BCUT2D eigenvalue weighted by atomic mass is 10.0. The minimum absolute atomic E-state index is 0.716. The van der Waals surface area contributed by atoms with Gasteiger partial charge in [0, 0.05) is 25.3 Å². The van der Waals surface area contributed by atoms with Crippen LogP contribution in [0.2, 0.25) is 0 Å². The van der Waals surface area contributed by atoms with Crippen molar-refractivity contribution >= 4 is 5.69 Å². The molecule has 3 nitrogen and oxygen atoms in total. The Morgan fingerprint density at radius 3 is 2.88 bits per heavy atom. The van der Waals surface area contributed by atoms with Crippen LogP contribution in [-0.4, -0.2) is 30.7 Å². The monoisotopic (exact) mass is 219 g/mol. The van der Waals surface area contributed by atoms with E-state index in [1.165, 1.54) is 24.9 Å². The summed E-state index contributed by atoms with van der Waals surface area (Å²) >= 11 is 0. The molecule has 0 amide bonds. The molecule has 1 saturated heterocycles. The summed E-state index contributed by atoms with van der Waals surface area (Å²) in [7, 11) is 0. The molecule has 3 heteroatoms. The van der Waals surface area contributed by atoms with E-state index in [4.69, 9.17) is 0 Å². The van der Waals surface area contributed by atoms with Crippen LogP contribution in [0.15, 0.2) is 24.5 Å². The maximum atomic E-state index is 4.17. The van der Waals surface area contributed by atoms with Crippen LogP contribution in [0.5, 0.6) is 0 Å². The fourth-order valence-electron chi connectivity index (χ4n) is 2.23. The topological polar surface area (TPSA) is 28.2 Å².